The van der Waals surface area contributed by atoms with Crippen molar-refractivity contribution in [3.63, 3.8) is 0 Å². The van der Waals surface area contributed by atoms with Crippen molar-refractivity contribution in [2.45, 2.75) is 13.5 Å². The third-order valence-electron chi connectivity index (χ3n) is 4.37. The van der Waals surface area contributed by atoms with Crippen molar-refractivity contribution in [1.29, 1.82) is 0 Å². The lowest BCUT2D eigenvalue weighted by Gasteiger charge is -2.08. The van der Waals surface area contributed by atoms with Crippen molar-refractivity contribution < 1.29 is 9.53 Å². The fourth-order valence-corrected chi connectivity index (χ4v) is 4.13. The molecule has 1 amide bonds. The van der Waals surface area contributed by atoms with Gasteiger partial charge in [-0.2, -0.15) is 4.99 Å². The first kappa shape index (κ1) is 18.7. The molecule has 0 atom stereocenters. The number of aromatic nitrogens is 1. The molecule has 3 aromatic carbocycles. The number of thiazole rings is 1. The summed E-state index contributed by atoms with van der Waals surface area (Å²) >= 11 is 1.45. The molecule has 4 rings (SSSR count). The second kappa shape index (κ2) is 8.17. The number of hydrogen-bond acceptors (Lipinski definition) is 3. The highest BCUT2D eigenvalue weighted by molar-refractivity contribution is 7.16. The molecule has 4 aromatic rings. The molecule has 1 heterocycles. The molecule has 29 heavy (non-hydrogen) atoms. The maximum Gasteiger partial charge on any atom is 0.283 e. The van der Waals surface area contributed by atoms with Gasteiger partial charge in [0.1, 0.15) is 11.5 Å². The van der Waals surface area contributed by atoms with Crippen LogP contribution in [0.2, 0.25) is 0 Å². The van der Waals surface area contributed by atoms with Crippen LogP contribution in [-0.2, 0) is 6.54 Å². The molecule has 142 valence electrons. The largest absolute Gasteiger partial charge is 0.457 e. The minimum Gasteiger partial charge on any atom is -0.457 e. The molecule has 0 fully saturated rings. The average molecular weight is 398 g/mol. The number of fused-ring (bicyclic) bond motifs is 1. The van der Waals surface area contributed by atoms with Gasteiger partial charge in [-0.25, -0.2) is 0 Å². The first-order valence-electron chi connectivity index (χ1n) is 9.10. The summed E-state index contributed by atoms with van der Waals surface area (Å²) in [5.74, 6) is 3.40. The lowest BCUT2D eigenvalue weighted by molar-refractivity contribution is 0.0995. The number of para-hydroxylation sites is 2. The molecule has 0 N–H and O–H groups in total. The topological polar surface area (TPSA) is 43.6 Å². The van der Waals surface area contributed by atoms with Crippen molar-refractivity contribution >= 4 is 27.5 Å². The highest BCUT2D eigenvalue weighted by Gasteiger charge is 2.14. The van der Waals surface area contributed by atoms with Gasteiger partial charge in [0, 0.05) is 0 Å². The molecule has 0 unspecified atom stereocenters. The molecule has 0 saturated carbocycles. The van der Waals surface area contributed by atoms with E-state index in [9.17, 15) is 4.79 Å². The number of benzene rings is 3. The van der Waals surface area contributed by atoms with Gasteiger partial charge in [-0.15, -0.1) is 6.42 Å². The van der Waals surface area contributed by atoms with E-state index in [0.717, 1.165) is 15.8 Å². The van der Waals surface area contributed by atoms with Crippen LogP contribution in [0.15, 0.2) is 77.8 Å². The Kier molecular flexibility index (Phi) is 5.28. The second-order valence-corrected chi connectivity index (χ2v) is 7.48. The van der Waals surface area contributed by atoms with Crippen molar-refractivity contribution in [3.05, 3.63) is 88.7 Å². The van der Waals surface area contributed by atoms with E-state index in [2.05, 4.69) is 17.0 Å². The Balaban J connectivity index is 1.78. The number of terminal acetylenes is 1. The minimum absolute atomic E-state index is 0.345. The highest BCUT2D eigenvalue weighted by Crippen LogP contribution is 2.26. The lowest BCUT2D eigenvalue weighted by atomic mass is 10.2. The van der Waals surface area contributed by atoms with Crippen LogP contribution in [0.3, 0.4) is 0 Å². The van der Waals surface area contributed by atoms with Gasteiger partial charge in [-0.3, -0.25) is 4.79 Å². The van der Waals surface area contributed by atoms with Crippen molar-refractivity contribution in [2.24, 2.45) is 4.99 Å². The second-order valence-electron chi connectivity index (χ2n) is 6.47. The maximum absolute atomic E-state index is 13.0. The number of nitrogens with zero attached hydrogens (tertiary/aromatic N) is 2. The number of hydrogen-bond donors (Lipinski definition) is 0. The van der Waals surface area contributed by atoms with Crippen molar-refractivity contribution in [3.8, 4) is 23.8 Å². The monoisotopic (exact) mass is 398 g/mol. The number of carbonyl (C=O) groups excluding carboxylic acids is 1. The predicted octanol–water partition coefficient (Wildman–Crippen LogP) is 5.18. The molecule has 0 bridgehead atoms. The molecule has 0 spiro atoms. The minimum atomic E-state index is -0.370. The number of amides is 1. The fourth-order valence-electron chi connectivity index (χ4n) is 3.00. The van der Waals surface area contributed by atoms with Gasteiger partial charge in [-0.1, -0.05) is 53.7 Å². The Morgan fingerprint density at radius 3 is 2.66 bits per heavy atom. The fraction of sp³-hybridized carbons (Fsp3) is 0.0833. The van der Waals surface area contributed by atoms with Gasteiger partial charge in [0.15, 0.2) is 4.80 Å². The van der Waals surface area contributed by atoms with Crippen LogP contribution in [-0.4, -0.2) is 10.5 Å². The predicted molar refractivity (Wildman–Crippen MR) is 116 cm³/mol. The van der Waals surface area contributed by atoms with Crippen LogP contribution in [0.5, 0.6) is 11.5 Å². The molecule has 5 heteroatoms. The molecule has 0 aliphatic carbocycles. The summed E-state index contributed by atoms with van der Waals surface area (Å²) in [6.45, 7) is 2.38. The summed E-state index contributed by atoms with van der Waals surface area (Å²) in [7, 11) is 0. The molecular formula is C24H18N2O2S. The summed E-state index contributed by atoms with van der Waals surface area (Å²) < 4.78 is 8.83. The summed E-state index contributed by atoms with van der Waals surface area (Å²) in [6.07, 6.45) is 5.55. The number of ether oxygens (including phenoxy) is 1. The first-order chi connectivity index (χ1) is 14.2. The van der Waals surface area contributed by atoms with Gasteiger partial charge in [0.05, 0.1) is 22.3 Å². The van der Waals surface area contributed by atoms with Gasteiger partial charge in [0.25, 0.3) is 5.91 Å². The first-order valence-corrected chi connectivity index (χ1v) is 9.92. The zero-order valence-corrected chi connectivity index (χ0v) is 16.6. The van der Waals surface area contributed by atoms with E-state index in [-0.39, 0.29) is 5.91 Å². The van der Waals surface area contributed by atoms with E-state index in [1.165, 1.54) is 11.3 Å². The van der Waals surface area contributed by atoms with E-state index < -0.39 is 0 Å². The van der Waals surface area contributed by atoms with Crippen LogP contribution < -0.4 is 9.54 Å². The summed E-state index contributed by atoms with van der Waals surface area (Å²) in [6, 6.07) is 22.6. The summed E-state index contributed by atoms with van der Waals surface area (Å²) in [4.78, 5) is 18.0. The molecule has 0 saturated heterocycles. The van der Waals surface area contributed by atoms with Crippen LogP contribution in [0, 0.1) is 19.3 Å². The summed E-state index contributed by atoms with van der Waals surface area (Å²) in [5.41, 5.74) is 2.52. The SMILES string of the molecule is C#CCn1c(=NC(=O)c2ccccc2Oc2ccccc2)sc2cc(C)ccc21. The Morgan fingerprint density at radius 1 is 1.10 bits per heavy atom. The maximum atomic E-state index is 13.0. The van der Waals surface area contributed by atoms with Crippen LogP contribution >= 0.6 is 11.3 Å². The zero-order valence-electron chi connectivity index (χ0n) is 15.8. The lowest BCUT2D eigenvalue weighted by Crippen LogP contribution is -2.16. The van der Waals surface area contributed by atoms with Crippen LogP contribution in [0.4, 0.5) is 0 Å². The van der Waals surface area contributed by atoms with Gasteiger partial charge in [-0.05, 0) is 48.9 Å². The van der Waals surface area contributed by atoms with Gasteiger partial charge < -0.3 is 9.30 Å². The molecule has 4 nitrogen and oxygen atoms in total. The summed E-state index contributed by atoms with van der Waals surface area (Å²) in [5, 5.41) is 0. The van der Waals surface area contributed by atoms with E-state index in [0.29, 0.717) is 28.4 Å². The molecule has 0 radical (unpaired) electrons. The number of carbonyl (C=O) groups is 1. The van der Waals surface area contributed by atoms with E-state index in [1.54, 1.807) is 18.2 Å². The van der Waals surface area contributed by atoms with Crippen LogP contribution in [0.1, 0.15) is 15.9 Å². The standard InChI is InChI=1S/C24H18N2O2S/c1-3-15-26-20-14-13-17(2)16-22(20)29-24(26)25-23(27)19-11-7-8-12-21(19)28-18-9-5-4-6-10-18/h1,4-14,16H,15H2,2H3. The number of rotatable bonds is 4. The third-order valence-corrected chi connectivity index (χ3v) is 5.41. The van der Waals surface area contributed by atoms with Crippen LogP contribution in [0.25, 0.3) is 10.2 Å². The van der Waals surface area contributed by atoms with E-state index in [1.807, 2.05) is 60.0 Å². The number of aryl methyl sites for hydroxylation is 1. The Hall–Kier alpha value is -3.62. The normalized spacial score (nSPS) is 11.4. The van der Waals surface area contributed by atoms with E-state index in [4.69, 9.17) is 11.2 Å². The van der Waals surface area contributed by atoms with Gasteiger partial charge in [0.2, 0.25) is 0 Å². The van der Waals surface area contributed by atoms with Crippen molar-refractivity contribution in [1.82, 2.24) is 4.57 Å². The quantitative estimate of drug-likeness (QED) is 0.445. The smallest absolute Gasteiger partial charge is 0.283 e. The Morgan fingerprint density at radius 2 is 1.86 bits per heavy atom. The van der Waals surface area contributed by atoms with Crippen molar-refractivity contribution in [2.75, 3.05) is 0 Å². The van der Waals surface area contributed by atoms with Gasteiger partial charge >= 0.3 is 0 Å². The zero-order chi connectivity index (χ0) is 20.2. The molecule has 0 aliphatic rings. The third kappa shape index (κ3) is 3.98. The average Bonchev–Trinajstić information content (AvgIpc) is 3.05. The molecule has 1 aromatic heterocycles. The van der Waals surface area contributed by atoms with E-state index >= 15 is 0 Å². The Bertz CT molecular complexity index is 1290. The molecular weight excluding hydrogens is 380 g/mol. The Labute approximate surface area is 172 Å². The molecule has 0 aliphatic heterocycles. The highest BCUT2D eigenvalue weighted by atomic mass is 32.1.